The Bertz CT molecular complexity index is 2250. The fourth-order valence-electron chi connectivity index (χ4n) is 4.58. The highest BCUT2D eigenvalue weighted by atomic mass is 79.9. The molecule has 0 aliphatic heterocycles. The summed E-state index contributed by atoms with van der Waals surface area (Å²) in [6.45, 7) is 10.3. The number of nitrogens with two attached hydrogens (primary N) is 1. The molecule has 57 heavy (non-hydrogen) atoms. The molecule has 0 aliphatic rings. The number of ether oxygens (including phenoxy) is 2. The average Bonchev–Trinajstić information content (AvgIpc) is 3.17. The average molecular weight is 927 g/mol. The largest absolute Gasteiger partial charge is 0.468 e. The summed E-state index contributed by atoms with van der Waals surface area (Å²) in [4.78, 5) is 39.2. The summed E-state index contributed by atoms with van der Waals surface area (Å²) < 4.78 is 11.2. The summed E-state index contributed by atoms with van der Waals surface area (Å²) in [7, 11) is 2.69. The zero-order chi connectivity index (χ0) is 42.1. The monoisotopic (exact) mass is 924 g/mol. The maximum Gasteiger partial charge on any atom is 0.407 e. The number of alkyl carbamates (subject to hydrolysis) is 1. The molecule has 0 aliphatic carbocycles. The van der Waals surface area contributed by atoms with Crippen LogP contribution in [0.25, 0.3) is 21.8 Å². The minimum Gasteiger partial charge on any atom is -0.468 e. The number of amides is 1. The van der Waals surface area contributed by atoms with Crippen LogP contribution in [-0.2, 0) is 27.4 Å². The van der Waals surface area contributed by atoms with E-state index in [-0.39, 0.29) is 12.5 Å². The molecule has 13 nitrogen and oxygen atoms in total. The summed E-state index contributed by atoms with van der Waals surface area (Å²) in [6, 6.07) is 19.4. The van der Waals surface area contributed by atoms with Crippen molar-refractivity contribution in [1.82, 2.24) is 30.6 Å². The van der Waals surface area contributed by atoms with E-state index in [0.717, 1.165) is 58.9 Å². The predicted octanol–water partition coefficient (Wildman–Crippen LogP) is 8.96. The van der Waals surface area contributed by atoms with Crippen LogP contribution in [0.5, 0.6) is 0 Å². The minimum absolute atomic E-state index is 0.167. The first kappa shape index (κ1) is 46.5. The van der Waals surface area contributed by atoms with Crippen molar-refractivity contribution in [2.24, 2.45) is 0 Å². The van der Waals surface area contributed by atoms with Crippen molar-refractivity contribution in [3.8, 4) is 0 Å². The Morgan fingerprint density at radius 3 is 1.96 bits per heavy atom. The van der Waals surface area contributed by atoms with Crippen molar-refractivity contribution >= 4 is 94.5 Å². The number of pyridine rings is 4. The molecule has 0 atom stereocenters. The van der Waals surface area contributed by atoms with Crippen LogP contribution in [0.3, 0.4) is 0 Å². The lowest BCUT2D eigenvalue weighted by Gasteiger charge is -2.12. The van der Waals surface area contributed by atoms with Gasteiger partial charge in [0.05, 0.1) is 26.4 Å². The molecule has 6 aromatic rings. The van der Waals surface area contributed by atoms with E-state index in [0.29, 0.717) is 29.6 Å². The van der Waals surface area contributed by atoms with Crippen molar-refractivity contribution in [2.45, 2.75) is 53.3 Å². The first-order valence-corrected chi connectivity index (χ1v) is 19.4. The van der Waals surface area contributed by atoms with E-state index in [1.807, 2.05) is 74.5 Å². The molecule has 6 rings (SSSR count). The number of nitrogens with zero attached hydrogens (tertiary/aromatic N) is 4. The molecule has 1 amide bonds. The van der Waals surface area contributed by atoms with Crippen LogP contribution in [0.1, 0.15) is 43.0 Å². The van der Waals surface area contributed by atoms with Crippen LogP contribution in [0, 0.1) is 13.8 Å². The molecule has 0 radical (unpaired) electrons. The zero-order valence-corrected chi connectivity index (χ0v) is 36.7. The SMILES string of the molecule is CC(C)(C)O.COC(=O)CNCc1cnc2c(Nc3cccc(Br)c3C)nccc2c1.COC(=O)NCc1cnc2c(Cl)nccc2c1.Cc1c(N)cccc1Br. The molecule has 0 unspecified atom stereocenters. The third-order valence-electron chi connectivity index (χ3n) is 7.55. The van der Waals surface area contributed by atoms with Crippen molar-refractivity contribution < 1.29 is 24.2 Å². The van der Waals surface area contributed by atoms with Crippen LogP contribution in [0.15, 0.2) is 94.4 Å². The Labute approximate surface area is 354 Å². The molecule has 16 heteroatoms. The van der Waals surface area contributed by atoms with Crippen LogP contribution in [0.4, 0.5) is 22.0 Å². The molecule has 4 heterocycles. The maximum atomic E-state index is 11.2. The number of methoxy groups -OCH3 is 2. The van der Waals surface area contributed by atoms with E-state index in [1.165, 1.54) is 14.2 Å². The molecule has 0 saturated carbocycles. The van der Waals surface area contributed by atoms with Gasteiger partial charge in [-0.1, -0.05) is 55.6 Å². The third-order valence-corrected chi connectivity index (χ3v) is 9.54. The van der Waals surface area contributed by atoms with Gasteiger partial charge in [0.2, 0.25) is 0 Å². The molecule has 2 aromatic carbocycles. The molecule has 6 N–H and O–H groups in total. The first-order chi connectivity index (χ1) is 27.0. The standard InChI is InChI=1S/C19H19BrN4O2.C11H10ClN3O2.C7H8BrN.C4H10O/c1-12-15(20)4-3-5-16(12)24-19-18-14(6-7-22-19)8-13(10-23-18)9-21-11-17(25)26-2;1-17-11(16)15-6-7-4-8-2-3-13-10(12)9(8)14-5-7;1-5-6(8)3-2-4-7(5)9;1-4(2,3)5/h3-8,10,21H,9,11H2,1-2H3,(H,22,24);2-5H,6H2,1H3,(H,15,16);2-4H,9H2,1H3;5H,1-3H3. The molecule has 0 saturated heterocycles. The summed E-state index contributed by atoms with van der Waals surface area (Å²) in [6.07, 6.45) is 6.33. The summed E-state index contributed by atoms with van der Waals surface area (Å²) in [5.41, 5.74) is 12.4. The number of fused-ring (bicyclic) bond motifs is 2. The topological polar surface area (TPSA) is 187 Å². The normalized spacial score (nSPS) is 10.5. The number of carbonyl (C=O) groups excluding carboxylic acids is 2. The fourth-order valence-corrected chi connectivity index (χ4v) is 5.55. The van der Waals surface area contributed by atoms with E-state index in [4.69, 9.17) is 22.4 Å². The van der Waals surface area contributed by atoms with Gasteiger partial charge in [-0.3, -0.25) is 14.8 Å². The number of halogens is 3. The Kier molecular flexibility index (Phi) is 18.5. The number of hydrogen-bond donors (Lipinski definition) is 5. The van der Waals surface area contributed by atoms with Gasteiger partial charge in [0.15, 0.2) is 11.0 Å². The Morgan fingerprint density at radius 1 is 0.807 bits per heavy atom. The molecule has 302 valence electrons. The highest BCUT2D eigenvalue weighted by Crippen LogP contribution is 2.29. The summed E-state index contributed by atoms with van der Waals surface area (Å²) in [5, 5.41) is 19.7. The van der Waals surface area contributed by atoms with Crippen LogP contribution >= 0.6 is 43.5 Å². The third kappa shape index (κ3) is 15.9. The number of carbonyl (C=O) groups is 2. The van der Waals surface area contributed by atoms with Gasteiger partial charge < -0.3 is 36.3 Å². The van der Waals surface area contributed by atoms with Crippen LogP contribution < -0.4 is 21.7 Å². The molecule has 0 fully saturated rings. The van der Waals surface area contributed by atoms with Gasteiger partial charge in [0.25, 0.3) is 0 Å². The maximum absolute atomic E-state index is 11.2. The number of nitrogens with one attached hydrogen (secondary N) is 3. The van der Waals surface area contributed by atoms with E-state index in [2.05, 4.69) is 77.2 Å². The van der Waals surface area contributed by atoms with Crippen molar-refractivity contribution in [3.63, 3.8) is 0 Å². The van der Waals surface area contributed by atoms with E-state index < -0.39 is 11.7 Å². The van der Waals surface area contributed by atoms with Crippen LogP contribution in [-0.4, -0.2) is 63.5 Å². The van der Waals surface area contributed by atoms with Gasteiger partial charge in [0.1, 0.15) is 11.0 Å². The molecule has 4 aromatic heterocycles. The number of esters is 1. The van der Waals surface area contributed by atoms with E-state index in [1.54, 1.807) is 45.6 Å². The highest BCUT2D eigenvalue weighted by Gasteiger charge is 2.09. The molecule has 0 spiro atoms. The minimum atomic E-state index is -0.500. The van der Waals surface area contributed by atoms with Gasteiger partial charge >= 0.3 is 12.1 Å². The van der Waals surface area contributed by atoms with Crippen molar-refractivity contribution in [1.29, 1.82) is 0 Å². The second kappa shape index (κ2) is 22.7. The molecular formula is C41H47Br2ClN8O5. The number of anilines is 3. The van der Waals surface area contributed by atoms with Gasteiger partial charge in [-0.15, -0.1) is 0 Å². The van der Waals surface area contributed by atoms with Gasteiger partial charge in [-0.2, -0.15) is 0 Å². The quantitative estimate of drug-likeness (QED) is 0.0555. The Hall–Kier alpha value is -4.93. The molecular weight excluding hydrogens is 880 g/mol. The van der Waals surface area contributed by atoms with Crippen LogP contribution in [0.2, 0.25) is 5.15 Å². The zero-order valence-electron chi connectivity index (χ0n) is 32.8. The Balaban J connectivity index is 0.000000239. The highest BCUT2D eigenvalue weighted by molar-refractivity contribution is 9.10. The van der Waals surface area contributed by atoms with E-state index >= 15 is 0 Å². The fraction of sp³-hybridized carbons (Fsp3) is 0.268. The number of aliphatic hydroxyl groups is 1. The summed E-state index contributed by atoms with van der Waals surface area (Å²) >= 11 is 12.8. The number of rotatable bonds is 8. The number of benzene rings is 2. The second-order valence-electron chi connectivity index (χ2n) is 13.3. The van der Waals surface area contributed by atoms with Crippen molar-refractivity contribution in [3.05, 3.63) is 122 Å². The predicted molar refractivity (Wildman–Crippen MR) is 234 cm³/mol. The smallest absolute Gasteiger partial charge is 0.407 e. The molecule has 0 bridgehead atoms. The lowest BCUT2D eigenvalue weighted by Crippen LogP contribution is -2.23. The van der Waals surface area contributed by atoms with Gasteiger partial charge in [-0.25, -0.2) is 14.8 Å². The van der Waals surface area contributed by atoms with E-state index in [9.17, 15) is 9.59 Å². The number of aromatic nitrogens is 4. The number of hydrogen-bond acceptors (Lipinski definition) is 12. The second-order valence-corrected chi connectivity index (χ2v) is 15.3. The number of nitrogen functional groups attached to an aromatic ring is 1. The lowest BCUT2D eigenvalue weighted by molar-refractivity contribution is -0.139. The Morgan fingerprint density at radius 2 is 1.37 bits per heavy atom. The van der Waals surface area contributed by atoms with Gasteiger partial charge in [-0.05, 0) is 105 Å². The van der Waals surface area contributed by atoms with Gasteiger partial charge in [0, 0.05) is 69.0 Å². The lowest BCUT2D eigenvalue weighted by atomic mass is 10.1. The first-order valence-electron chi connectivity index (χ1n) is 17.5. The van der Waals surface area contributed by atoms with Crippen molar-refractivity contribution in [2.75, 3.05) is 31.8 Å². The summed E-state index contributed by atoms with van der Waals surface area (Å²) in [5.74, 6) is 0.414.